The molecule has 0 aromatic carbocycles. The molecule has 0 spiro atoms. The number of piperidine rings is 1. The largest absolute Gasteiger partial charge is 0.375 e. The highest BCUT2D eigenvalue weighted by Gasteiger charge is 2.41. The molecule has 0 amide bonds. The summed E-state index contributed by atoms with van der Waals surface area (Å²) in [6.45, 7) is 7.08. The maximum atomic E-state index is 5.95. The smallest absolute Gasteiger partial charge is 0.0823 e. The van der Waals surface area contributed by atoms with E-state index in [1.165, 1.54) is 38.9 Å². The number of ether oxygens (including phenoxy) is 1. The fourth-order valence-electron chi connectivity index (χ4n) is 2.96. The molecular formula is C11H20N2O. The van der Waals surface area contributed by atoms with Gasteiger partial charge in [-0.2, -0.15) is 0 Å². The van der Waals surface area contributed by atoms with Crippen LogP contribution in [-0.4, -0.2) is 50.3 Å². The van der Waals surface area contributed by atoms with E-state index in [0.717, 1.165) is 19.7 Å². The molecule has 3 aliphatic heterocycles. The number of fused-ring (bicyclic) bond motifs is 2. The Morgan fingerprint density at radius 3 is 3.00 bits per heavy atom. The number of hydrogen-bond acceptors (Lipinski definition) is 3. The van der Waals surface area contributed by atoms with Crippen molar-refractivity contribution < 1.29 is 4.74 Å². The van der Waals surface area contributed by atoms with Crippen molar-refractivity contribution in [2.45, 2.75) is 25.4 Å². The van der Waals surface area contributed by atoms with Crippen molar-refractivity contribution in [1.82, 2.24) is 10.2 Å². The van der Waals surface area contributed by atoms with E-state index < -0.39 is 0 Å². The molecule has 0 saturated carbocycles. The van der Waals surface area contributed by atoms with Gasteiger partial charge in [-0.3, -0.25) is 0 Å². The molecule has 0 aromatic rings. The van der Waals surface area contributed by atoms with Gasteiger partial charge >= 0.3 is 0 Å². The van der Waals surface area contributed by atoms with Crippen LogP contribution in [-0.2, 0) is 4.74 Å². The Kier molecular flexibility index (Phi) is 2.26. The average molecular weight is 196 g/mol. The molecule has 3 heterocycles. The second-order valence-electron chi connectivity index (χ2n) is 5.22. The van der Waals surface area contributed by atoms with Crippen molar-refractivity contribution in [1.29, 1.82) is 0 Å². The molecule has 0 aliphatic carbocycles. The van der Waals surface area contributed by atoms with Crippen LogP contribution in [0.25, 0.3) is 0 Å². The van der Waals surface area contributed by atoms with Gasteiger partial charge < -0.3 is 15.0 Å². The summed E-state index contributed by atoms with van der Waals surface area (Å²) in [4.78, 5) is 2.60. The second-order valence-corrected chi connectivity index (χ2v) is 5.22. The monoisotopic (exact) mass is 196 g/mol. The third-order valence-electron chi connectivity index (χ3n) is 4.07. The summed E-state index contributed by atoms with van der Waals surface area (Å²) in [5.74, 6) is 0. The molecule has 3 saturated heterocycles. The summed E-state index contributed by atoms with van der Waals surface area (Å²) >= 11 is 0. The van der Waals surface area contributed by atoms with Gasteiger partial charge in [-0.25, -0.2) is 0 Å². The van der Waals surface area contributed by atoms with Gasteiger partial charge in [0.1, 0.15) is 0 Å². The van der Waals surface area contributed by atoms with Crippen LogP contribution in [0.2, 0.25) is 0 Å². The Bertz CT molecular complexity index is 213. The molecular weight excluding hydrogens is 176 g/mol. The van der Waals surface area contributed by atoms with Crippen molar-refractivity contribution in [3.05, 3.63) is 0 Å². The average Bonchev–Trinajstić information content (AvgIpc) is 2.40. The molecule has 80 valence electrons. The normalized spacial score (nSPS) is 42.4. The van der Waals surface area contributed by atoms with Crippen LogP contribution in [0.1, 0.15) is 19.3 Å². The van der Waals surface area contributed by atoms with E-state index in [2.05, 4.69) is 10.2 Å². The van der Waals surface area contributed by atoms with Crippen LogP contribution in [0.5, 0.6) is 0 Å². The minimum Gasteiger partial charge on any atom is -0.375 e. The Morgan fingerprint density at radius 2 is 2.21 bits per heavy atom. The van der Waals surface area contributed by atoms with Gasteiger partial charge in [-0.1, -0.05) is 0 Å². The Labute approximate surface area is 85.8 Å². The Morgan fingerprint density at radius 1 is 1.29 bits per heavy atom. The van der Waals surface area contributed by atoms with Crippen LogP contribution < -0.4 is 5.32 Å². The fraction of sp³-hybridized carbons (Fsp3) is 1.00. The lowest BCUT2D eigenvalue weighted by molar-refractivity contribution is -0.0380. The molecule has 3 rings (SSSR count). The van der Waals surface area contributed by atoms with Crippen molar-refractivity contribution >= 4 is 0 Å². The maximum absolute atomic E-state index is 5.95. The lowest BCUT2D eigenvalue weighted by Gasteiger charge is -2.36. The quantitative estimate of drug-likeness (QED) is 0.710. The van der Waals surface area contributed by atoms with Crippen molar-refractivity contribution in [2.24, 2.45) is 5.41 Å². The summed E-state index contributed by atoms with van der Waals surface area (Å²) in [5, 5.41) is 3.25. The molecule has 3 heteroatoms. The zero-order valence-corrected chi connectivity index (χ0v) is 8.80. The summed E-state index contributed by atoms with van der Waals surface area (Å²) in [6.07, 6.45) is 4.66. The van der Waals surface area contributed by atoms with E-state index in [4.69, 9.17) is 4.74 Å². The topological polar surface area (TPSA) is 24.5 Å². The fourth-order valence-corrected chi connectivity index (χ4v) is 2.96. The zero-order valence-electron chi connectivity index (χ0n) is 8.80. The van der Waals surface area contributed by atoms with Crippen molar-refractivity contribution in [3.63, 3.8) is 0 Å². The number of hydrogen-bond donors (Lipinski definition) is 1. The van der Waals surface area contributed by atoms with Gasteiger partial charge in [0.15, 0.2) is 0 Å². The van der Waals surface area contributed by atoms with E-state index in [0.29, 0.717) is 11.5 Å². The highest BCUT2D eigenvalue weighted by molar-refractivity contribution is 4.94. The Balaban J connectivity index is 1.54. The summed E-state index contributed by atoms with van der Waals surface area (Å²) in [7, 11) is 0. The molecule has 3 fully saturated rings. The zero-order chi connectivity index (χ0) is 9.43. The van der Waals surface area contributed by atoms with Crippen LogP contribution >= 0.6 is 0 Å². The van der Waals surface area contributed by atoms with E-state index >= 15 is 0 Å². The van der Waals surface area contributed by atoms with Crippen LogP contribution in [0.3, 0.4) is 0 Å². The van der Waals surface area contributed by atoms with E-state index in [1.54, 1.807) is 0 Å². The van der Waals surface area contributed by atoms with E-state index in [1.807, 2.05) is 0 Å². The summed E-state index contributed by atoms with van der Waals surface area (Å²) in [5.41, 5.74) is 0.536. The number of nitrogens with one attached hydrogen (secondary N) is 1. The molecule has 2 atom stereocenters. The number of rotatable bonds is 3. The lowest BCUT2D eigenvalue weighted by Crippen LogP contribution is -2.50. The highest BCUT2D eigenvalue weighted by Crippen LogP contribution is 2.39. The Hall–Kier alpha value is -0.120. The maximum Gasteiger partial charge on any atom is 0.0823 e. The minimum absolute atomic E-state index is 0.514. The third-order valence-corrected chi connectivity index (χ3v) is 4.07. The van der Waals surface area contributed by atoms with Crippen LogP contribution in [0.4, 0.5) is 0 Å². The lowest BCUT2D eigenvalue weighted by atomic mass is 9.82. The molecule has 2 unspecified atom stereocenters. The van der Waals surface area contributed by atoms with E-state index in [9.17, 15) is 0 Å². The minimum atomic E-state index is 0.514. The predicted octanol–water partition coefficient (Wildman–Crippen LogP) is 0.461. The van der Waals surface area contributed by atoms with Crippen LogP contribution in [0.15, 0.2) is 0 Å². The molecule has 2 bridgehead atoms. The molecule has 3 aliphatic rings. The molecule has 0 radical (unpaired) electrons. The van der Waals surface area contributed by atoms with Gasteiger partial charge in [0.05, 0.1) is 12.7 Å². The molecule has 0 aromatic heterocycles. The van der Waals surface area contributed by atoms with Crippen LogP contribution in [0, 0.1) is 5.41 Å². The van der Waals surface area contributed by atoms with Gasteiger partial charge in [-0.15, -0.1) is 0 Å². The van der Waals surface area contributed by atoms with Gasteiger partial charge in [0.25, 0.3) is 0 Å². The first-order valence-electron chi connectivity index (χ1n) is 5.91. The van der Waals surface area contributed by atoms with Crippen molar-refractivity contribution in [2.75, 3.05) is 39.3 Å². The highest BCUT2D eigenvalue weighted by atomic mass is 16.5. The first-order chi connectivity index (χ1) is 6.86. The van der Waals surface area contributed by atoms with Gasteiger partial charge in [0, 0.05) is 25.0 Å². The summed E-state index contributed by atoms with van der Waals surface area (Å²) in [6, 6.07) is 0. The SMILES string of the molecule is C1CN2CCC(COC3CNC3)(C1)C2. The third kappa shape index (κ3) is 1.58. The van der Waals surface area contributed by atoms with Gasteiger partial charge in [0.2, 0.25) is 0 Å². The molecule has 3 nitrogen and oxygen atoms in total. The first kappa shape index (κ1) is 9.13. The number of nitrogens with zero attached hydrogens (tertiary/aromatic N) is 1. The first-order valence-corrected chi connectivity index (χ1v) is 5.91. The van der Waals surface area contributed by atoms with Gasteiger partial charge in [-0.05, 0) is 32.4 Å². The summed E-state index contributed by atoms with van der Waals surface area (Å²) < 4.78 is 5.95. The molecule has 1 N–H and O–H groups in total. The second kappa shape index (κ2) is 3.47. The molecule has 14 heavy (non-hydrogen) atoms. The standard InChI is InChI=1S/C11H20N2O/c1-2-11(3-5-13(4-1)8-11)9-14-10-6-12-7-10/h10,12H,1-9H2. The van der Waals surface area contributed by atoms with Crippen molar-refractivity contribution in [3.8, 4) is 0 Å². The van der Waals surface area contributed by atoms with E-state index in [-0.39, 0.29) is 0 Å². The predicted molar refractivity (Wildman–Crippen MR) is 55.3 cm³/mol.